The molecule has 0 saturated carbocycles. The second-order valence-electron chi connectivity index (χ2n) is 0.425. The molecule has 0 aromatic rings. The Morgan fingerprint density at radius 3 is 1.60 bits per heavy atom. The van der Waals surface area contributed by atoms with Crippen LogP contribution in [-0.2, 0) is 0 Å². The zero-order valence-electron chi connectivity index (χ0n) is 2.55. The fourth-order valence-electron chi connectivity index (χ4n) is 0.0333. The predicted molar refractivity (Wildman–Crippen MR) is 38.0 cm³/mol. The molecule has 0 aromatic carbocycles. The topological polar surface area (TPSA) is 0 Å². The third-order valence-electron chi connectivity index (χ3n) is 0.149. The molecule has 0 atom stereocenters. The van der Waals surface area contributed by atoms with Crippen LogP contribution in [0.15, 0.2) is 0 Å². The zero-order chi connectivity index (χ0) is 4.12. The van der Waals surface area contributed by atoms with E-state index in [1.54, 1.807) is 0 Å². The van der Waals surface area contributed by atoms with Crippen molar-refractivity contribution in [2.24, 2.45) is 0 Å². The summed E-state index contributed by atoms with van der Waals surface area (Å²) in [5.74, 6) is 0. The second kappa shape index (κ2) is 5.35. The van der Waals surface area contributed by atoms with Gasteiger partial charge in [0.15, 0.2) is 0 Å². The van der Waals surface area contributed by atoms with Gasteiger partial charge in [-0.1, -0.05) is 7.71 Å². The van der Waals surface area contributed by atoms with Crippen LogP contribution in [0.3, 0.4) is 0 Å². The minimum absolute atomic E-state index is 0.469. The first-order chi connectivity index (χ1) is 2.41. The SMILES string of the molecule is S[SiH]=[Si]=[SiH]S. The van der Waals surface area contributed by atoms with Crippen molar-refractivity contribution < 1.29 is 0 Å². The van der Waals surface area contributed by atoms with E-state index >= 15 is 0 Å². The van der Waals surface area contributed by atoms with Gasteiger partial charge in [0.2, 0.25) is 0 Å². The molecule has 0 N–H and O–H groups in total. The summed E-state index contributed by atoms with van der Waals surface area (Å²) in [5, 5.41) is 0. The number of hydrogen-bond donors (Lipinski definition) is 2. The van der Waals surface area contributed by atoms with Crippen LogP contribution in [0.5, 0.6) is 0 Å². The number of thiol groups is 2. The molecular weight excluding hydrogens is 148 g/mol. The molecule has 5 heteroatoms. The molecule has 0 aliphatic rings. The summed E-state index contributed by atoms with van der Waals surface area (Å²) in [6.45, 7) is 0. The molecule has 0 saturated heterocycles. The first-order valence-corrected chi connectivity index (χ1v) is 9.84. The van der Waals surface area contributed by atoms with Crippen molar-refractivity contribution >= 4 is 47.4 Å². The maximum atomic E-state index is 4.07. The normalized spacial score (nSPS) is 5.20. The lowest BCUT2D eigenvalue weighted by Crippen LogP contribution is -1.62. The molecule has 0 radical (unpaired) electrons. The van der Waals surface area contributed by atoms with Crippen molar-refractivity contribution in [1.29, 1.82) is 0 Å². The third-order valence-corrected chi connectivity index (χ3v) is 12.1. The lowest BCUT2D eigenvalue weighted by Gasteiger charge is -1.45. The Morgan fingerprint density at radius 1 is 1.20 bits per heavy atom. The first kappa shape index (κ1) is 6.35. The molecule has 5 heavy (non-hydrogen) atoms. The van der Waals surface area contributed by atoms with E-state index in [0.717, 1.165) is 7.71 Å². The summed E-state index contributed by atoms with van der Waals surface area (Å²) in [6.07, 6.45) is 0. The minimum atomic E-state index is 0.469. The second-order valence-corrected chi connectivity index (χ2v) is 11.5. The van der Waals surface area contributed by atoms with Gasteiger partial charge in [0.05, 0.1) is 15.5 Å². The van der Waals surface area contributed by atoms with Gasteiger partial charge < -0.3 is 0 Å². The number of hydrogen-bond acceptors (Lipinski definition) is 2. The number of rotatable bonds is 0. The Hall–Kier alpha value is 1.35. The highest BCUT2D eigenvalue weighted by Crippen LogP contribution is 1.44. The molecule has 0 aliphatic heterocycles. The summed E-state index contributed by atoms with van der Waals surface area (Å²) in [7, 11) is 2.03. The van der Waals surface area contributed by atoms with Crippen LogP contribution in [0, 0.1) is 0 Å². The molecule has 0 unspecified atom stereocenters. The van der Waals surface area contributed by atoms with Crippen LogP contribution in [0.4, 0.5) is 0 Å². The van der Waals surface area contributed by atoms with Crippen LogP contribution in [0.1, 0.15) is 0 Å². The quantitative estimate of drug-likeness (QED) is 0.326. The highest BCUT2D eigenvalue weighted by Gasteiger charge is 1.39. The van der Waals surface area contributed by atoms with E-state index in [-0.39, 0.29) is 0 Å². The van der Waals surface area contributed by atoms with Crippen LogP contribution < -0.4 is 0 Å². The molecule has 0 aromatic heterocycles. The first-order valence-electron chi connectivity index (χ1n) is 1.09. The van der Waals surface area contributed by atoms with Crippen molar-refractivity contribution in [2.75, 3.05) is 0 Å². The van der Waals surface area contributed by atoms with E-state index in [1.165, 1.54) is 0 Å². The Bertz CT molecular complexity index is 53.3. The van der Waals surface area contributed by atoms with Crippen molar-refractivity contribution in [1.82, 2.24) is 0 Å². The third kappa shape index (κ3) is 5.35. The molecule has 0 spiro atoms. The van der Waals surface area contributed by atoms with Crippen molar-refractivity contribution in [3.63, 3.8) is 0 Å². The van der Waals surface area contributed by atoms with E-state index in [9.17, 15) is 0 Å². The Kier molecular flexibility index (Phi) is 6.80. The molecule has 0 bridgehead atoms. The van der Waals surface area contributed by atoms with Gasteiger partial charge in [-0.15, -0.1) is 0 Å². The van der Waals surface area contributed by atoms with E-state index < -0.39 is 0 Å². The van der Waals surface area contributed by atoms with Gasteiger partial charge in [0.25, 0.3) is 0 Å². The summed E-state index contributed by atoms with van der Waals surface area (Å²) in [6, 6.07) is 0. The smallest absolute Gasteiger partial charge is 0.0737 e. The fraction of sp³-hybridized carbons (Fsp3) is 0. The molecular formula is H4S2Si3. The molecule has 0 rings (SSSR count). The van der Waals surface area contributed by atoms with E-state index in [4.69, 9.17) is 0 Å². The summed E-state index contributed by atoms with van der Waals surface area (Å²) in [5.41, 5.74) is 0. The molecule has 0 aliphatic carbocycles. The van der Waals surface area contributed by atoms with Gasteiger partial charge in [0.1, 0.15) is 0 Å². The Morgan fingerprint density at radius 2 is 1.60 bits per heavy atom. The standard InChI is InChI=1S/H4S2Si3/c1-3-5-4-2/h1-4H. The lowest BCUT2D eigenvalue weighted by molar-refractivity contribution is 4.58. The van der Waals surface area contributed by atoms with Crippen LogP contribution >= 0.6 is 24.2 Å². The average molecular weight is 152 g/mol. The maximum absolute atomic E-state index is 4.07. The van der Waals surface area contributed by atoms with Crippen molar-refractivity contribution in [3.05, 3.63) is 0 Å². The van der Waals surface area contributed by atoms with E-state index in [2.05, 4.69) is 24.2 Å². The molecule has 0 amide bonds. The maximum Gasteiger partial charge on any atom is 0.0737 e. The molecule has 28 valence electrons. The van der Waals surface area contributed by atoms with Crippen molar-refractivity contribution in [2.45, 2.75) is 0 Å². The summed E-state index contributed by atoms with van der Waals surface area (Å²) in [4.78, 5) is 0. The lowest BCUT2D eigenvalue weighted by atomic mass is 27.0. The predicted octanol–water partition coefficient (Wildman–Crippen LogP) is -0.917. The van der Waals surface area contributed by atoms with Gasteiger partial charge >= 0.3 is 0 Å². The van der Waals surface area contributed by atoms with E-state index in [1.807, 2.05) is 0 Å². The van der Waals surface area contributed by atoms with E-state index in [0.29, 0.717) is 15.5 Å². The van der Waals surface area contributed by atoms with Gasteiger partial charge in [-0.05, 0) is 0 Å². The monoisotopic (exact) mass is 152 g/mol. The summed E-state index contributed by atoms with van der Waals surface area (Å²) < 4.78 is 0. The van der Waals surface area contributed by atoms with Gasteiger partial charge in [-0.25, -0.2) is 0 Å². The van der Waals surface area contributed by atoms with Crippen molar-refractivity contribution in [3.8, 4) is 0 Å². The molecule has 0 fully saturated rings. The molecule has 0 heterocycles. The zero-order valence-corrected chi connectivity index (χ0v) is 7.65. The highest BCUT2D eigenvalue weighted by molar-refractivity contribution is 8.11. The van der Waals surface area contributed by atoms with Gasteiger partial charge in [-0.2, -0.15) is 24.2 Å². The van der Waals surface area contributed by atoms with Crippen LogP contribution in [0.25, 0.3) is 0 Å². The van der Waals surface area contributed by atoms with Gasteiger partial charge in [-0.3, -0.25) is 0 Å². The van der Waals surface area contributed by atoms with Gasteiger partial charge in [0, 0.05) is 0 Å². The molecule has 0 nitrogen and oxygen atoms in total. The minimum Gasteiger partial charge on any atom is -0.181 e. The average Bonchev–Trinajstić information content (AvgIpc) is 1.41. The largest absolute Gasteiger partial charge is 0.181 e. The highest BCUT2D eigenvalue weighted by atomic mass is 32.3. The Balaban J connectivity index is 3.26. The summed E-state index contributed by atoms with van der Waals surface area (Å²) >= 11 is 8.14. The van der Waals surface area contributed by atoms with Crippen LogP contribution in [-0.4, -0.2) is 23.2 Å². The van der Waals surface area contributed by atoms with Crippen LogP contribution in [0.2, 0.25) is 0 Å². The Labute approximate surface area is 47.6 Å². The fourth-order valence-corrected chi connectivity index (χ4v) is 8.10.